The Morgan fingerprint density at radius 1 is 1.03 bits per heavy atom. The number of nitrogens with zero attached hydrogens (tertiary/aromatic N) is 3. The van der Waals surface area contributed by atoms with E-state index in [4.69, 9.17) is 9.97 Å². The summed E-state index contributed by atoms with van der Waals surface area (Å²) in [6.45, 7) is 16.2. The van der Waals surface area contributed by atoms with Crippen LogP contribution in [0.4, 0.5) is 5.82 Å². The van der Waals surface area contributed by atoms with Gasteiger partial charge >= 0.3 is 0 Å². The van der Waals surface area contributed by atoms with Crippen LogP contribution in [-0.2, 0) is 19.5 Å². The second-order valence-corrected chi connectivity index (χ2v) is 12.4. The van der Waals surface area contributed by atoms with E-state index in [0.29, 0.717) is 0 Å². The highest BCUT2D eigenvalue weighted by atomic mass is 15.1. The van der Waals surface area contributed by atoms with E-state index >= 15 is 0 Å². The Morgan fingerprint density at radius 2 is 1.76 bits per heavy atom. The van der Waals surface area contributed by atoms with Crippen molar-refractivity contribution < 1.29 is 0 Å². The van der Waals surface area contributed by atoms with Crippen molar-refractivity contribution in [3.63, 3.8) is 0 Å². The number of pyridine rings is 1. The molecule has 2 heterocycles. The van der Waals surface area contributed by atoms with Crippen LogP contribution in [0.3, 0.4) is 0 Å². The summed E-state index contributed by atoms with van der Waals surface area (Å²) in [6.07, 6.45) is 7.42. The Morgan fingerprint density at radius 3 is 2.45 bits per heavy atom. The van der Waals surface area contributed by atoms with Crippen molar-refractivity contribution in [2.24, 2.45) is 5.92 Å². The first kappa shape index (κ1) is 26.7. The second-order valence-electron chi connectivity index (χ2n) is 12.4. The number of imidazole rings is 1. The van der Waals surface area contributed by atoms with Crippen LogP contribution in [0.25, 0.3) is 21.9 Å². The normalized spacial score (nSPS) is 14.1. The molecular weight excluding hydrogens is 466 g/mol. The van der Waals surface area contributed by atoms with Crippen LogP contribution >= 0.6 is 0 Å². The smallest absolute Gasteiger partial charge is 0.155 e. The number of rotatable bonds is 11. The number of aromatic nitrogens is 3. The maximum atomic E-state index is 5.25. The Labute approximate surface area is 228 Å². The highest BCUT2D eigenvalue weighted by Crippen LogP contribution is 2.34. The van der Waals surface area contributed by atoms with Crippen LogP contribution in [0.1, 0.15) is 87.9 Å². The molecule has 0 spiro atoms. The van der Waals surface area contributed by atoms with E-state index in [0.717, 1.165) is 67.5 Å². The molecule has 2 aromatic heterocycles. The van der Waals surface area contributed by atoms with E-state index in [9.17, 15) is 0 Å². The van der Waals surface area contributed by atoms with Gasteiger partial charge in [-0.2, -0.15) is 0 Å². The number of aryl methyl sites for hydroxylation is 3. The molecule has 4 aromatic rings. The maximum absolute atomic E-state index is 5.25. The molecule has 38 heavy (non-hydrogen) atoms. The first-order chi connectivity index (χ1) is 18.2. The molecule has 2 N–H and O–H groups in total. The number of para-hydroxylation sites is 1. The SMILES string of the molecule is CCCCc1nc2c(NC(C)(C)C)nc3ccccc3c2n1Cc1c(C)cc(CNCCC2CC2)cc1C. The molecule has 5 rings (SSSR count). The van der Waals surface area contributed by atoms with E-state index in [-0.39, 0.29) is 5.54 Å². The lowest BCUT2D eigenvalue weighted by atomic mass is 9.98. The summed E-state index contributed by atoms with van der Waals surface area (Å²) in [7, 11) is 0. The summed E-state index contributed by atoms with van der Waals surface area (Å²) in [5.41, 5.74) is 8.58. The number of unbranched alkanes of at least 4 members (excludes halogenated alkanes) is 1. The number of anilines is 1. The molecule has 1 saturated carbocycles. The fourth-order valence-corrected chi connectivity index (χ4v) is 5.56. The van der Waals surface area contributed by atoms with Gasteiger partial charge in [-0.15, -0.1) is 0 Å². The maximum Gasteiger partial charge on any atom is 0.155 e. The van der Waals surface area contributed by atoms with Gasteiger partial charge in [0.25, 0.3) is 0 Å². The van der Waals surface area contributed by atoms with Crippen LogP contribution in [0.5, 0.6) is 0 Å². The monoisotopic (exact) mass is 511 g/mol. The molecule has 1 fully saturated rings. The average molecular weight is 512 g/mol. The topological polar surface area (TPSA) is 54.8 Å². The molecule has 1 aliphatic carbocycles. The molecule has 202 valence electrons. The predicted octanol–water partition coefficient (Wildman–Crippen LogP) is 7.69. The Kier molecular flexibility index (Phi) is 7.76. The molecule has 0 amide bonds. The summed E-state index contributed by atoms with van der Waals surface area (Å²) in [5.74, 6) is 3.01. The Bertz CT molecular complexity index is 1400. The molecule has 5 heteroatoms. The molecule has 0 bridgehead atoms. The number of nitrogens with one attached hydrogen (secondary N) is 2. The van der Waals surface area contributed by atoms with Crippen molar-refractivity contribution in [2.75, 3.05) is 11.9 Å². The summed E-state index contributed by atoms with van der Waals surface area (Å²) in [6, 6.07) is 13.3. The fourth-order valence-electron chi connectivity index (χ4n) is 5.56. The predicted molar refractivity (Wildman–Crippen MR) is 161 cm³/mol. The molecular formula is C33H45N5. The molecule has 0 saturated heterocycles. The molecule has 0 aliphatic heterocycles. The molecule has 0 atom stereocenters. The minimum Gasteiger partial charge on any atom is -0.364 e. The van der Waals surface area contributed by atoms with Gasteiger partial charge in [0.2, 0.25) is 0 Å². The van der Waals surface area contributed by atoms with Gasteiger partial charge < -0.3 is 15.2 Å². The zero-order chi connectivity index (χ0) is 26.9. The van der Waals surface area contributed by atoms with E-state index in [1.165, 1.54) is 52.4 Å². The zero-order valence-corrected chi connectivity index (χ0v) is 24.2. The van der Waals surface area contributed by atoms with Crippen molar-refractivity contribution in [3.05, 3.63) is 64.5 Å². The number of hydrogen-bond donors (Lipinski definition) is 2. The quantitative estimate of drug-likeness (QED) is 0.203. The molecule has 0 unspecified atom stereocenters. The van der Waals surface area contributed by atoms with Crippen molar-refractivity contribution in [1.29, 1.82) is 0 Å². The summed E-state index contributed by atoms with van der Waals surface area (Å²) < 4.78 is 2.48. The van der Waals surface area contributed by atoms with Crippen LogP contribution in [0, 0.1) is 19.8 Å². The highest BCUT2D eigenvalue weighted by molar-refractivity contribution is 6.07. The fraction of sp³-hybridized carbons (Fsp3) is 0.515. The number of hydrogen-bond acceptors (Lipinski definition) is 4. The zero-order valence-electron chi connectivity index (χ0n) is 24.2. The minimum absolute atomic E-state index is 0.106. The lowest BCUT2D eigenvalue weighted by molar-refractivity contribution is 0.612. The summed E-state index contributed by atoms with van der Waals surface area (Å²) in [5, 5.41) is 8.48. The van der Waals surface area contributed by atoms with E-state index < -0.39 is 0 Å². The Balaban J connectivity index is 1.55. The third-order valence-corrected chi connectivity index (χ3v) is 7.74. The van der Waals surface area contributed by atoms with Crippen LogP contribution in [0.2, 0.25) is 0 Å². The second kappa shape index (κ2) is 11.1. The van der Waals surface area contributed by atoms with E-state index in [1.54, 1.807) is 0 Å². The van der Waals surface area contributed by atoms with Crippen molar-refractivity contribution in [3.8, 4) is 0 Å². The molecule has 0 radical (unpaired) electrons. The van der Waals surface area contributed by atoms with E-state index in [2.05, 4.69) is 93.1 Å². The third kappa shape index (κ3) is 6.04. The molecule has 2 aromatic carbocycles. The van der Waals surface area contributed by atoms with Crippen LogP contribution in [0.15, 0.2) is 36.4 Å². The number of benzene rings is 2. The first-order valence-corrected chi connectivity index (χ1v) is 14.6. The van der Waals surface area contributed by atoms with Gasteiger partial charge in [0.1, 0.15) is 11.3 Å². The van der Waals surface area contributed by atoms with Gasteiger partial charge in [-0.25, -0.2) is 9.97 Å². The van der Waals surface area contributed by atoms with Gasteiger partial charge in [-0.05, 0) is 88.2 Å². The Hall–Kier alpha value is -2.92. The van der Waals surface area contributed by atoms with Crippen molar-refractivity contribution >= 4 is 27.8 Å². The molecule has 5 nitrogen and oxygen atoms in total. The standard InChI is InChI=1S/C33H45N5/c1-7-8-13-29-36-30-31(26-11-9-10-12-28(26)35-32(30)37-33(4,5)6)38(29)21-27-22(2)18-25(19-23(27)3)20-34-17-16-24-14-15-24/h9-12,18-19,24,34H,7-8,13-17,20-21H2,1-6H3,(H,35,37). The van der Waals surface area contributed by atoms with Crippen molar-refractivity contribution in [1.82, 2.24) is 19.9 Å². The molecule has 1 aliphatic rings. The average Bonchev–Trinajstić information content (AvgIpc) is 3.61. The lowest BCUT2D eigenvalue weighted by Crippen LogP contribution is -2.26. The van der Waals surface area contributed by atoms with Crippen molar-refractivity contribution in [2.45, 2.75) is 98.7 Å². The minimum atomic E-state index is -0.106. The lowest BCUT2D eigenvalue weighted by Gasteiger charge is -2.22. The largest absolute Gasteiger partial charge is 0.364 e. The third-order valence-electron chi connectivity index (χ3n) is 7.74. The van der Waals surface area contributed by atoms with Crippen LogP contribution in [-0.4, -0.2) is 26.6 Å². The van der Waals surface area contributed by atoms with E-state index in [1.807, 2.05) is 0 Å². The highest BCUT2D eigenvalue weighted by Gasteiger charge is 2.22. The van der Waals surface area contributed by atoms with Crippen LogP contribution < -0.4 is 10.6 Å². The number of fused-ring (bicyclic) bond motifs is 3. The first-order valence-electron chi connectivity index (χ1n) is 14.6. The van der Waals surface area contributed by atoms with Gasteiger partial charge in [0.05, 0.1) is 11.0 Å². The van der Waals surface area contributed by atoms with Gasteiger partial charge in [-0.3, -0.25) is 0 Å². The summed E-state index contributed by atoms with van der Waals surface area (Å²) >= 11 is 0. The van der Waals surface area contributed by atoms with Gasteiger partial charge in [0, 0.05) is 30.4 Å². The van der Waals surface area contributed by atoms with Gasteiger partial charge in [0.15, 0.2) is 5.82 Å². The van der Waals surface area contributed by atoms with Gasteiger partial charge in [-0.1, -0.05) is 56.5 Å². The summed E-state index contributed by atoms with van der Waals surface area (Å²) in [4.78, 5) is 10.3.